The summed E-state index contributed by atoms with van der Waals surface area (Å²) in [6.07, 6.45) is -0.0999. The van der Waals surface area contributed by atoms with Gasteiger partial charge in [0.2, 0.25) is 0 Å². The summed E-state index contributed by atoms with van der Waals surface area (Å²) in [4.78, 5) is 39.0. The van der Waals surface area contributed by atoms with E-state index in [1.54, 1.807) is 0 Å². The Morgan fingerprint density at radius 2 is 1.18 bits per heavy atom. The van der Waals surface area contributed by atoms with Gasteiger partial charge in [0, 0.05) is 23.8 Å². The van der Waals surface area contributed by atoms with E-state index in [1.165, 1.54) is 0 Å². The van der Waals surface area contributed by atoms with Crippen LogP contribution >= 0.6 is 0 Å². The number of carboxylic acids is 4. The Morgan fingerprint density at radius 1 is 0.824 bits per heavy atom. The average molecular weight is 244 g/mol. The van der Waals surface area contributed by atoms with Crippen LogP contribution in [0.5, 0.6) is 0 Å². The molecule has 0 aromatic carbocycles. The fraction of sp³-hybridized carbons (Fsp3) is 0.556. The molecule has 1 aliphatic carbocycles. The molecule has 0 aromatic rings. The van der Waals surface area contributed by atoms with Crippen LogP contribution in [-0.4, -0.2) is 23.9 Å². The van der Waals surface area contributed by atoms with Crippen molar-refractivity contribution in [1.82, 2.24) is 0 Å². The maximum Gasteiger partial charge on any atom is 0.0532 e. The van der Waals surface area contributed by atoms with E-state index in [4.69, 9.17) is 0 Å². The molecule has 8 nitrogen and oxygen atoms in total. The van der Waals surface area contributed by atoms with Crippen LogP contribution in [0.2, 0.25) is 0 Å². The molecule has 0 spiro atoms. The van der Waals surface area contributed by atoms with E-state index in [2.05, 4.69) is 0 Å². The lowest BCUT2D eigenvalue weighted by Crippen LogP contribution is -2.57. The molecule has 0 radical (unpaired) electrons. The first-order valence-corrected chi connectivity index (χ1v) is 4.55. The Labute approximate surface area is 95.5 Å². The van der Waals surface area contributed by atoms with Crippen molar-refractivity contribution in [3.8, 4) is 0 Å². The quantitative estimate of drug-likeness (QED) is 0.442. The third-order valence-corrected chi connectivity index (χ3v) is 2.28. The molecule has 0 N–H and O–H groups in total. The molecule has 96 valence electrons. The number of hydrogen-bond acceptors (Lipinski definition) is 8. The molecule has 0 aliphatic heterocycles. The summed E-state index contributed by atoms with van der Waals surface area (Å²) in [7, 11) is 0. The van der Waals surface area contributed by atoms with Crippen LogP contribution in [-0.2, 0) is 19.2 Å². The monoisotopic (exact) mass is 244 g/mol. The minimum atomic E-state index is -1.67. The fourth-order valence-corrected chi connectivity index (χ4v) is 1.14. The molecular formula is C9H8O8-4. The van der Waals surface area contributed by atoms with Gasteiger partial charge in [-0.3, -0.25) is 0 Å². The van der Waals surface area contributed by atoms with Gasteiger partial charge in [-0.25, -0.2) is 0 Å². The van der Waals surface area contributed by atoms with Crippen LogP contribution in [0.25, 0.3) is 0 Å². The molecule has 0 bridgehead atoms. The highest BCUT2D eigenvalue weighted by Crippen LogP contribution is 2.39. The second-order valence-corrected chi connectivity index (χ2v) is 3.43. The molecule has 0 atom stereocenters. The Morgan fingerprint density at radius 3 is 1.18 bits per heavy atom. The van der Waals surface area contributed by atoms with Crippen molar-refractivity contribution in [2.24, 2.45) is 5.41 Å². The summed E-state index contributed by atoms with van der Waals surface area (Å²) in [5.41, 5.74) is -1.67. The van der Waals surface area contributed by atoms with E-state index in [-0.39, 0.29) is 12.8 Å². The van der Waals surface area contributed by atoms with E-state index < -0.39 is 35.7 Å². The number of aliphatic carboxylic acids is 4. The molecule has 1 rings (SSSR count). The normalized spacial score (nSPS) is 15.8. The Bertz CT molecular complexity index is 313. The summed E-state index contributed by atoms with van der Waals surface area (Å²) in [5.74, 6) is -6.28. The summed E-state index contributed by atoms with van der Waals surface area (Å²) in [6, 6.07) is 0. The van der Waals surface area contributed by atoms with Crippen molar-refractivity contribution < 1.29 is 39.6 Å². The highest BCUT2D eigenvalue weighted by atomic mass is 16.4. The van der Waals surface area contributed by atoms with Crippen LogP contribution in [0, 0.1) is 5.41 Å². The van der Waals surface area contributed by atoms with E-state index in [1.807, 2.05) is 0 Å². The molecule has 8 heteroatoms. The number of rotatable bonds is 4. The minimum Gasteiger partial charge on any atom is -0.550 e. The predicted octanol–water partition coefficient (Wildman–Crippen LogP) is -5.47. The first kappa shape index (κ1) is 14.9. The van der Waals surface area contributed by atoms with Gasteiger partial charge in [-0.15, -0.1) is 0 Å². The standard InChI is InChI=1S/C6H8O4.C3H4O4/c7-4(8)6(5(9)10)2-1-3-6;4-2(5)1-3(6)7/h1-3H2,(H,7,8)(H,9,10);1H2,(H,4,5)(H,6,7)/p-4. The van der Waals surface area contributed by atoms with Crippen molar-refractivity contribution in [1.29, 1.82) is 0 Å². The van der Waals surface area contributed by atoms with Crippen molar-refractivity contribution in [3.63, 3.8) is 0 Å². The maximum absolute atomic E-state index is 10.2. The third kappa shape index (κ3) is 4.09. The number of hydrogen-bond donors (Lipinski definition) is 0. The zero-order valence-corrected chi connectivity index (χ0v) is 8.59. The molecular weight excluding hydrogens is 236 g/mol. The Kier molecular flexibility index (Phi) is 5.10. The second kappa shape index (κ2) is 5.83. The summed E-state index contributed by atoms with van der Waals surface area (Å²) in [5, 5.41) is 39.0. The zero-order chi connectivity index (χ0) is 13.6. The van der Waals surface area contributed by atoms with Gasteiger partial charge in [0.25, 0.3) is 0 Å². The second-order valence-electron chi connectivity index (χ2n) is 3.43. The van der Waals surface area contributed by atoms with Gasteiger partial charge in [0.05, 0.1) is 11.9 Å². The van der Waals surface area contributed by atoms with E-state index in [9.17, 15) is 39.6 Å². The summed E-state index contributed by atoms with van der Waals surface area (Å²) in [6.45, 7) is 0. The number of carbonyl (C=O) groups is 4. The molecule has 17 heavy (non-hydrogen) atoms. The van der Waals surface area contributed by atoms with Crippen LogP contribution in [0.15, 0.2) is 0 Å². The lowest BCUT2D eigenvalue weighted by atomic mass is 9.69. The van der Waals surface area contributed by atoms with E-state index in [0.717, 1.165) is 0 Å². The smallest absolute Gasteiger partial charge is 0.0532 e. The van der Waals surface area contributed by atoms with Crippen LogP contribution in [0.1, 0.15) is 25.7 Å². The van der Waals surface area contributed by atoms with Gasteiger partial charge in [0.15, 0.2) is 0 Å². The van der Waals surface area contributed by atoms with Crippen LogP contribution < -0.4 is 20.4 Å². The highest BCUT2D eigenvalue weighted by molar-refractivity contribution is 5.97. The van der Waals surface area contributed by atoms with Crippen LogP contribution in [0.4, 0.5) is 0 Å². The van der Waals surface area contributed by atoms with Crippen molar-refractivity contribution >= 4 is 23.9 Å². The van der Waals surface area contributed by atoms with Crippen molar-refractivity contribution in [3.05, 3.63) is 0 Å². The first-order valence-electron chi connectivity index (χ1n) is 4.55. The van der Waals surface area contributed by atoms with Gasteiger partial charge in [-0.1, -0.05) is 6.42 Å². The molecule has 0 saturated heterocycles. The highest BCUT2D eigenvalue weighted by Gasteiger charge is 2.39. The number of carbonyl (C=O) groups excluding carboxylic acids is 4. The van der Waals surface area contributed by atoms with Gasteiger partial charge in [-0.2, -0.15) is 0 Å². The van der Waals surface area contributed by atoms with Crippen molar-refractivity contribution in [2.45, 2.75) is 25.7 Å². The predicted molar refractivity (Wildman–Crippen MR) is 40.9 cm³/mol. The molecule has 0 heterocycles. The van der Waals surface area contributed by atoms with Gasteiger partial charge >= 0.3 is 0 Å². The van der Waals surface area contributed by atoms with E-state index in [0.29, 0.717) is 6.42 Å². The van der Waals surface area contributed by atoms with Crippen LogP contribution in [0.3, 0.4) is 0 Å². The Hall–Kier alpha value is -2.12. The third-order valence-electron chi connectivity index (χ3n) is 2.28. The zero-order valence-electron chi connectivity index (χ0n) is 8.59. The maximum atomic E-state index is 10.2. The summed E-state index contributed by atoms with van der Waals surface area (Å²) < 4.78 is 0. The largest absolute Gasteiger partial charge is 0.550 e. The molecule has 0 amide bonds. The average Bonchev–Trinajstić information content (AvgIpc) is 1.96. The molecule has 0 aromatic heterocycles. The topological polar surface area (TPSA) is 161 Å². The Balaban J connectivity index is 0.000000325. The molecule has 1 fully saturated rings. The van der Waals surface area contributed by atoms with Gasteiger partial charge in [-0.05, 0) is 12.8 Å². The lowest BCUT2D eigenvalue weighted by Gasteiger charge is -2.43. The van der Waals surface area contributed by atoms with Gasteiger partial charge in [0.1, 0.15) is 0 Å². The minimum absolute atomic E-state index is 0.150. The van der Waals surface area contributed by atoms with Gasteiger partial charge < -0.3 is 39.6 Å². The lowest BCUT2D eigenvalue weighted by molar-refractivity contribution is -0.348. The van der Waals surface area contributed by atoms with Crippen molar-refractivity contribution in [2.75, 3.05) is 0 Å². The molecule has 0 unspecified atom stereocenters. The SMILES string of the molecule is O=C([O-])C1(C(=O)[O-])CCC1.O=C([O-])CC(=O)[O-]. The fourth-order valence-electron chi connectivity index (χ4n) is 1.14. The van der Waals surface area contributed by atoms with E-state index >= 15 is 0 Å². The first-order chi connectivity index (χ1) is 7.72. The molecule has 1 aliphatic rings. The number of carboxylic acid groups (broad SMARTS) is 4. The summed E-state index contributed by atoms with van der Waals surface area (Å²) >= 11 is 0. The molecule has 1 saturated carbocycles.